The van der Waals surface area contributed by atoms with Gasteiger partial charge in [-0.1, -0.05) is 121 Å². The molecule has 58 heavy (non-hydrogen) atoms. The average Bonchev–Trinajstić information content (AvgIpc) is 3.94. The van der Waals surface area contributed by atoms with Crippen LogP contribution in [0.2, 0.25) is 0 Å². The van der Waals surface area contributed by atoms with Crippen LogP contribution in [0.5, 0.6) is 0 Å². The lowest BCUT2D eigenvalue weighted by Gasteiger charge is -2.14. The van der Waals surface area contributed by atoms with E-state index in [0.29, 0.717) is 11.8 Å². The SMILES string of the molecule is c1ccc(-c2ccc(-c3ccc(-c4ccc(-c5nc6ccccc6o5)cc4)cc3)c(-c3ccc(-c4cccc5c(-c6nc7ccccc7o6)cccc45)cc3)n2)nc1. The lowest BCUT2D eigenvalue weighted by atomic mass is 9.93. The lowest BCUT2D eigenvalue weighted by Crippen LogP contribution is -1.94. The molecule has 7 aromatic carbocycles. The Balaban J connectivity index is 0.932. The van der Waals surface area contributed by atoms with Gasteiger partial charge in [-0.05, 0) is 105 Å². The van der Waals surface area contributed by atoms with Gasteiger partial charge in [0.1, 0.15) is 11.0 Å². The second-order valence-corrected chi connectivity index (χ2v) is 14.2. The highest BCUT2D eigenvalue weighted by atomic mass is 16.4. The first-order valence-corrected chi connectivity index (χ1v) is 19.2. The quantitative estimate of drug-likeness (QED) is 0.162. The first-order chi connectivity index (χ1) is 28.7. The minimum absolute atomic E-state index is 0.619. The molecule has 272 valence electrons. The van der Waals surface area contributed by atoms with Crippen LogP contribution in [0.25, 0.3) is 112 Å². The van der Waals surface area contributed by atoms with Crippen molar-refractivity contribution in [1.29, 1.82) is 0 Å². The number of aromatic nitrogens is 4. The third kappa shape index (κ3) is 6.01. The van der Waals surface area contributed by atoms with E-state index in [1.54, 1.807) is 6.20 Å². The van der Waals surface area contributed by atoms with Crippen molar-refractivity contribution < 1.29 is 8.83 Å². The van der Waals surface area contributed by atoms with Crippen LogP contribution in [0.1, 0.15) is 0 Å². The van der Waals surface area contributed by atoms with Crippen molar-refractivity contribution in [3.63, 3.8) is 0 Å². The number of oxazole rings is 2. The van der Waals surface area contributed by atoms with Gasteiger partial charge in [-0.3, -0.25) is 4.98 Å². The standard InChI is InChI=1S/C52H32N4O2/c1-3-16-48-46(14-1)55-51(57-48)38-28-20-34(21-29-38)33-18-22-36(23-19-33)40-30-31-45(44-13-5-6-32-53-44)54-50(40)37-26-24-35(25-27-37)39-9-7-11-42-41(39)10-8-12-43(42)52-56-47-15-2-4-17-49(47)58-52/h1-32H. The molecule has 0 fully saturated rings. The molecule has 0 aliphatic heterocycles. The van der Waals surface area contributed by atoms with Gasteiger partial charge in [0.05, 0.1) is 17.1 Å². The van der Waals surface area contributed by atoms with Crippen molar-refractivity contribution in [2.45, 2.75) is 0 Å². The van der Waals surface area contributed by atoms with Crippen molar-refractivity contribution in [1.82, 2.24) is 19.9 Å². The fourth-order valence-electron chi connectivity index (χ4n) is 7.76. The average molecular weight is 745 g/mol. The molecule has 6 heteroatoms. The third-order valence-corrected chi connectivity index (χ3v) is 10.7. The summed E-state index contributed by atoms with van der Waals surface area (Å²) in [6, 6.07) is 64.3. The Kier molecular flexibility index (Phi) is 8.04. The minimum atomic E-state index is 0.619. The summed E-state index contributed by atoms with van der Waals surface area (Å²) in [5, 5.41) is 2.22. The fraction of sp³-hybridized carbons (Fsp3) is 0. The second kappa shape index (κ2) is 14.0. The zero-order chi connectivity index (χ0) is 38.4. The number of hydrogen-bond acceptors (Lipinski definition) is 6. The maximum Gasteiger partial charge on any atom is 0.227 e. The smallest absolute Gasteiger partial charge is 0.227 e. The van der Waals surface area contributed by atoms with Crippen LogP contribution in [0, 0.1) is 0 Å². The van der Waals surface area contributed by atoms with Crippen LogP contribution in [-0.4, -0.2) is 19.9 Å². The van der Waals surface area contributed by atoms with Crippen molar-refractivity contribution in [3.8, 4) is 78.9 Å². The summed E-state index contributed by atoms with van der Waals surface area (Å²) >= 11 is 0. The summed E-state index contributed by atoms with van der Waals surface area (Å²) in [5.41, 5.74) is 15.3. The maximum absolute atomic E-state index is 6.19. The molecular formula is C52H32N4O2. The molecule has 0 spiro atoms. The predicted molar refractivity (Wildman–Crippen MR) is 233 cm³/mol. The van der Waals surface area contributed by atoms with Gasteiger partial charge < -0.3 is 8.83 Å². The van der Waals surface area contributed by atoms with E-state index in [-0.39, 0.29) is 0 Å². The number of rotatable bonds is 7. The molecule has 4 aromatic heterocycles. The summed E-state index contributed by atoms with van der Waals surface area (Å²) in [7, 11) is 0. The molecule has 0 atom stereocenters. The second-order valence-electron chi connectivity index (χ2n) is 14.2. The molecule has 6 nitrogen and oxygen atoms in total. The van der Waals surface area contributed by atoms with Gasteiger partial charge in [0.15, 0.2) is 11.2 Å². The number of hydrogen-bond donors (Lipinski definition) is 0. The summed E-state index contributed by atoms with van der Waals surface area (Å²) in [5.74, 6) is 1.24. The number of benzene rings is 7. The van der Waals surface area contributed by atoms with Crippen molar-refractivity contribution >= 4 is 33.0 Å². The largest absolute Gasteiger partial charge is 0.436 e. The van der Waals surface area contributed by atoms with Gasteiger partial charge >= 0.3 is 0 Å². The molecule has 11 rings (SSSR count). The molecule has 0 aliphatic rings. The topological polar surface area (TPSA) is 77.8 Å². The van der Waals surface area contributed by atoms with E-state index in [9.17, 15) is 0 Å². The van der Waals surface area contributed by atoms with Gasteiger partial charge in [0.2, 0.25) is 11.8 Å². The summed E-state index contributed by atoms with van der Waals surface area (Å²) in [4.78, 5) is 19.3. The van der Waals surface area contributed by atoms with E-state index in [1.165, 1.54) is 0 Å². The molecule has 11 aromatic rings. The van der Waals surface area contributed by atoms with E-state index in [4.69, 9.17) is 18.8 Å². The normalized spacial score (nSPS) is 11.4. The molecule has 4 heterocycles. The van der Waals surface area contributed by atoms with Gasteiger partial charge in [0.25, 0.3) is 0 Å². The number of pyridine rings is 2. The van der Waals surface area contributed by atoms with E-state index in [0.717, 1.165) is 100 Å². The lowest BCUT2D eigenvalue weighted by molar-refractivity contribution is 0.619. The summed E-state index contributed by atoms with van der Waals surface area (Å²) in [6.45, 7) is 0. The van der Waals surface area contributed by atoms with Crippen molar-refractivity contribution in [2.24, 2.45) is 0 Å². The molecule has 0 saturated heterocycles. The van der Waals surface area contributed by atoms with E-state index >= 15 is 0 Å². The van der Waals surface area contributed by atoms with Crippen LogP contribution in [0.3, 0.4) is 0 Å². The molecule has 0 saturated carbocycles. The zero-order valence-corrected chi connectivity index (χ0v) is 31.1. The minimum Gasteiger partial charge on any atom is -0.436 e. The first-order valence-electron chi connectivity index (χ1n) is 19.2. The monoisotopic (exact) mass is 744 g/mol. The molecule has 0 N–H and O–H groups in total. The van der Waals surface area contributed by atoms with Crippen LogP contribution < -0.4 is 0 Å². The molecule has 0 aliphatic carbocycles. The molecule has 0 unspecified atom stereocenters. The summed E-state index contributed by atoms with van der Waals surface area (Å²) in [6.07, 6.45) is 1.80. The Bertz CT molecular complexity index is 3190. The van der Waals surface area contributed by atoms with Crippen molar-refractivity contribution in [3.05, 3.63) is 194 Å². The Morgan fingerprint density at radius 1 is 0.310 bits per heavy atom. The number of para-hydroxylation sites is 4. The van der Waals surface area contributed by atoms with E-state index < -0.39 is 0 Å². The Labute approximate surface area is 333 Å². The number of fused-ring (bicyclic) bond motifs is 3. The van der Waals surface area contributed by atoms with Gasteiger partial charge in [0, 0.05) is 28.5 Å². The maximum atomic E-state index is 6.19. The van der Waals surface area contributed by atoms with Crippen LogP contribution in [-0.2, 0) is 0 Å². The van der Waals surface area contributed by atoms with Crippen LogP contribution >= 0.6 is 0 Å². The fourth-order valence-corrected chi connectivity index (χ4v) is 7.76. The van der Waals surface area contributed by atoms with E-state index in [1.807, 2.05) is 66.7 Å². The van der Waals surface area contributed by atoms with Gasteiger partial charge in [-0.25, -0.2) is 15.0 Å². The Hall–Kier alpha value is -7.96. The molecule has 0 bridgehead atoms. The molecule has 0 amide bonds. The Morgan fingerprint density at radius 3 is 1.50 bits per heavy atom. The van der Waals surface area contributed by atoms with Crippen LogP contribution in [0.4, 0.5) is 0 Å². The van der Waals surface area contributed by atoms with Gasteiger partial charge in [-0.2, -0.15) is 0 Å². The predicted octanol–water partition coefficient (Wildman–Crippen LogP) is 13.6. The third-order valence-electron chi connectivity index (χ3n) is 10.7. The number of nitrogens with zero attached hydrogens (tertiary/aromatic N) is 4. The Morgan fingerprint density at radius 2 is 0.845 bits per heavy atom. The molecule has 0 radical (unpaired) electrons. The van der Waals surface area contributed by atoms with Gasteiger partial charge in [-0.15, -0.1) is 0 Å². The highest BCUT2D eigenvalue weighted by molar-refractivity contribution is 6.04. The zero-order valence-electron chi connectivity index (χ0n) is 31.1. The first kappa shape index (κ1) is 33.4. The summed E-state index contributed by atoms with van der Waals surface area (Å²) < 4.78 is 12.2. The van der Waals surface area contributed by atoms with Crippen molar-refractivity contribution in [2.75, 3.05) is 0 Å². The van der Waals surface area contributed by atoms with Crippen LogP contribution in [0.15, 0.2) is 203 Å². The molecular weight excluding hydrogens is 713 g/mol. The highest BCUT2D eigenvalue weighted by Gasteiger charge is 2.16. The highest BCUT2D eigenvalue weighted by Crippen LogP contribution is 2.38. The van der Waals surface area contributed by atoms with E-state index in [2.05, 4.69) is 131 Å².